The summed E-state index contributed by atoms with van der Waals surface area (Å²) in [5, 5.41) is 6.11. The maximum atomic E-state index is 12.6. The molecule has 40 heavy (non-hydrogen) atoms. The van der Waals surface area contributed by atoms with E-state index < -0.39 is 0 Å². The highest BCUT2D eigenvalue weighted by Gasteiger charge is 2.09. The molecule has 4 rings (SSSR count). The van der Waals surface area contributed by atoms with Crippen molar-refractivity contribution >= 4 is 23.2 Å². The number of carbonyl (C=O) groups excluding carboxylic acids is 1. The predicted molar refractivity (Wildman–Crippen MR) is 160 cm³/mol. The minimum Gasteiger partial charge on any atom is -0.492 e. The summed E-state index contributed by atoms with van der Waals surface area (Å²) in [6.07, 6.45) is 1.73. The third-order valence-electron chi connectivity index (χ3n) is 6.40. The molecule has 0 saturated heterocycles. The molecule has 0 aliphatic carbocycles. The van der Waals surface area contributed by atoms with Crippen LogP contribution in [0.1, 0.15) is 22.8 Å². The van der Waals surface area contributed by atoms with E-state index in [0.717, 1.165) is 42.2 Å². The predicted octanol–water partition coefficient (Wildman–Crippen LogP) is 4.94. The Morgan fingerprint density at radius 3 is 2.55 bits per heavy atom. The minimum atomic E-state index is -0.214. The molecule has 4 aromatic rings. The number of aromatic nitrogens is 2. The van der Waals surface area contributed by atoms with E-state index in [1.165, 1.54) is 0 Å². The third kappa shape index (κ3) is 8.26. The van der Waals surface area contributed by atoms with E-state index in [9.17, 15) is 4.79 Å². The molecule has 1 aromatic heterocycles. The van der Waals surface area contributed by atoms with Crippen LogP contribution in [0, 0.1) is 0 Å². The second kappa shape index (κ2) is 14.6. The van der Waals surface area contributed by atoms with E-state index in [1.54, 1.807) is 37.6 Å². The van der Waals surface area contributed by atoms with E-state index in [1.807, 2.05) is 54.6 Å². The molecular weight excluding hydrogens is 504 g/mol. The van der Waals surface area contributed by atoms with E-state index in [-0.39, 0.29) is 5.91 Å². The number of nitrogen functional groups attached to an aromatic ring is 1. The van der Waals surface area contributed by atoms with Crippen molar-refractivity contribution in [3.63, 3.8) is 0 Å². The average Bonchev–Trinajstić information content (AvgIpc) is 2.99. The lowest BCUT2D eigenvalue weighted by molar-refractivity contribution is 0.102. The van der Waals surface area contributed by atoms with Crippen molar-refractivity contribution in [2.75, 3.05) is 56.3 Å². The number of nitrogens with two attached hydrogens (primary N) is 1. The SMILES string of the molecule is CCN(CCOC)CCOc1cccc(-c2ccnc(NCc3ccc(C(=O)Nc4ccccc4N)cc3)n2)c1. The van der Waals surface area contributed by atoms with Gasteiger partial charge in [0.15, 0.2) is 0 Å². The summed E-state index contributed by atoms with van der Waals surface area (Å²) in [4.78, 5) is 23.9. The van der Waals surface area contributed by atoms with Crippen molar-refractivity contribution in [2.45, 2.75) is 13.5 Å². The van der Waals surface area contributed by atoms with Crippen LogP contribution in [0.3, 0.4) is 0 Å². The first kappa shape index (κ1) is 28.5. The summed E-state index contributed by atoms with van der Waals surface area (Å²) in [5.74, 6) is 1.10. The van der Waals surface area contributed by atoms with Crippen LogP contribution in [0.5, 0.6) is 5.75 Å². The van der Waals surface area contributed by atoms with Gasteiger partial charge in [0, 0.05) is 44.1 Å². The summed E-state index contributed by atoms with van der Waals surface area (Å²) < 4.78 is 11.2. The summed E-state index contributed by atoms with van der Waals surface area (Å²) in [7, 11) is 1.72. The molecule has 0 fully saturated rings. The van der Waals surface area contributed by atoms with Crippen molar-refractivity contribution in [2.24, 2.45) is 0 Å². The minimum absolute atomic E-state index is 0.214. The third-order valence-corrected chi connectivity index (χ3v) is 6.40. The Balaban J connectivity index is 1.31. The second-order valence-electron chi connectivity index (χ2n) is 9.16. The van der Waals surface area contributed by atoms with Crippen molar-refractivity contribution in [3.8, 4) is 17.0 Å². The molecule has 0 radical (unpaired) electrons. The lowest BCUT2D eigenvalue weighted by Crippen LogP contribution is -2.31. The van der Waals surface area contributed by atoms with Crippen LogP contribution in [0.2, 0.25) is 0 Å². The molecule has 0 aliphatic rings. The Bertz CT molecular complexity index is 1380. The highest BCUT2D eigenvalue weighted by atomic mass is 16.5. The molecule has 0 spiro atoms. The normalized spacial score (nSPS) is 10.9. The second-order valence-corrected chi connectivity index (χ2v) is 9.16. The molecule has 0 bridgehead atoms. The number of ether oxygens (including phenoxy) is 2. The Morgan fingerprint density at radius 1 is 0.975 bits per heavy atom. The smallest absolute Gasteiger partial charge is 0.255 e. The molecule has 9 heteroatoms. The zero-order valence-electron chi connectivity index (χ0n) is 23.0. The highest BCUT2D eigenvalue weighted by molar-refractivity contribution is 6.05. The quantitative estimate of drug-likeness (QED) is 0.193. The van der Waals surface area contributed by atoms with Crippen molar-refractivity contribution < 1.29 is 14.3 Å². The van der Waals surface area contributed by atoms with Gasteiger partial charge >= 0.3 is 0 Å². The van der Waals surface area contributed by atoms with Gasteiger partial charge in [0.05, 0.1) is 23.7 Å². The number of rotatable bonds is 14. The van der Waals surface area contributed by atoms with Crippen LogP contribution in [0.4, 0.5) is 17.3 Å². The van der Waals surface area contributed by atoms with Gasteiger partial charge in [0.25, 0.3) is 5.91 Å². The zero-order valence-corrected chi connectivity index (χ0v) is 23.0. The monoisotopic (exact) mass is 540 g/mol. The molecule has 0 unspecified atom stereocenters. The van der Waals surface area contributed by atoms with Crippen LogP contribution in [0.25, 0.3) is 11.3 Å². The lowest BCUT2D eigenvalue weighted by Gasteiger charge is -2.20. The Morgan fingerprint density at radius 2 is 1.77 bits per heavy atom. The zero-order chi connectivity index (χ0) is 28.2. The van der Waals surface area contributed by atoms with Gasteiger partial charge in [0.2, 0.25) is 5.95 Å². The number of likely N-dealkylation sites (N-methyl/N-ethyl adjacent to an activating group) is 1. The van der Waals surface area contributed by atoms with Crippen LogP contribution in [-0.2, 0) is 11.3 Å². The topological polar surface area (TPSA) is 115 Å². The van der Waals surface area contributed by atoms with Crippen molar-refractivity contribution in [1.29, 1.82) is 0 Å². The van der Waals surface area contributed by atoms with Gasteiger partial charge in [-0.15, -0.1) is 0 Å². The highest BCUT2D eigenvalue weighted by Crippen LogP contribution is 2.23. The molecule has 1 heterocycles. The number of hydrogen-bond acceptors (Lipinski definition) is 8. The first-order valence-corrected chi connectivity index (χ1v) is 13.3. The molecule has 0 aliphatic heterocycles. The van der Waals surface area contributed by atoms with E-state index >= 15 is 0 Å². The first-order chi connectivity index (χ1) is 19.6. The van der Waals surface area contributed by atoms with Crippen LogP contribution >= 0.6 is 0 Å². The number of nitrogens with zero attached hydrogens (tertiary/aromatic N) is 3. The molecular formula is C31H36N6O3. The average molecular weight is 541 g/mol. The van der Waals surface area contributed by atoms with Gasteiger partial charge in [0.1, 0.15) is 12.4 Å². The first-order valence-electron chi connectivity index (χ1n) is 13.3. The lowest BCUT2D eigenvalue weighted by atomic mass is 10.1. The standard InChI is InChI=1S/C31H36N6O3/c1-3-37(17-19-39-2)18-20-40-26-8-6-7-25(21-26)28-15-16-33-31(36-28)34-22-23-11-13-24(14-12-23)30(38)35-29-10-5-4-9-27(29)32/h4-16,21H,3,17-20,22,32H2,1-2H3,(H,35,38)(H,33,34,36). The van der Waals surface area contributed by atoms with Crippen LogP contribution in [-0.4, -0.2) is 60.7 Å². The van der Waals surface area contributed by atoms with E-state index in [0.29, 0.717) is 42.6 Å². The van der Waals surface area contributed by atoms with Gasteiger partial charge in [-0.3, -0.25) is 9.69 Å². The van der Waals surface area contributed by atoms with E-state index in [2.05, 4.69) is 32.4 Å². The maximum Gasteiger partial charge on any atom is 0.255 e. The number of amides is 1. The fraction of sp³-hybridized carbons (Fsp3) is 0.258. The summed E-state index contributed by atoms with van der Waals surface area (Å²) >= 11 is 0. The van der Waals surface area contributed by atoms with Crippen molar-refractivity contribution in [3.05, 3.63) is 96.2 Å². The molecule has 0 saturated carbocycles. The summed E-state index contributed by atoms with van der Waals surface area (Å²) in [6, 6.07) is 24.3. The number of nitrogens with one attached hydrogen (secondary N) is 2. The van der Waals surface area contributed by atoms with Gasteiger partial charge in [-0.2, -0.15) is 0 Å². The number of anilines is 3. The van der Waals surface area contributed by atoms with Crippen molar-refractivity contribution in [1.82, 2.24) is 14.9 Å². The van der Waals surface area contributed by atoms with Crippen LogP contribution in [0.15, 0.2) is 85.1 Å². The number of carbonyl (C=O) groups is 1. The van der Waals surface area contributed by atoms with Gasteiger partial charge in [-0.05, 0) is 54.6 Å². The molecule has 3 aromatic carbocycles. The molecule has 0 atom stereocenters. The molecule has 9 nitrogen and oxygen atoms in total. The summed E-state index contributed by atoms with van der Waals surface area (Å²) in [6.45, 7) is 6.62. The fourth-order valence-corrected chi connectivity index (χ4v) is 4.05. The number of hydrogen-bond donors (Lipinski definition) is 3. The molecule has 4 N–H and O–H groups in total. The molecule has 1 amide bonds. The van der Waals surface area contributed by atoms with Gasteiger partial charge < -0.3 is 25.8 Å². The Hall–Kier alpha value is -4.47. The number of benzene rings is 3. The number of para-hydroxylation sites is 2. The number of methoxy groups -OCH3 is 1. The Kier molecular flexibility index (Phi) is 10.4. The fourth-order valence-electron chi connectivity index (χ4n) is 4.05. The van der Waals surface area contributed by atoms with E-state index in [4.69, 9.17) is 15.2 Å². The van der Waals surface area contributed by atoms with Gasteiger partial charge in [-0.25, -0.2) is 9.97 Å². The molecule has 208 valence electrons. The van der Waals surface area contributed by atoms with Crippen LogP contribution < -0.4 is 21.1 Å². The Labute approximate surface area is 235 Å². The van der Waals surface area contributed by atoms with Gasteiger partial charge in [-0.1, -0.05) is 43.3 Å². The summed E-state index contributed by atoms with van der Waals surface area (Å²) in [5.41, 5.74) is 10.3. The largest absolute Gasteiger partial charge is 0.492 e. The maximum absolute atomic E-state index is 12.6.